The minimum Gasteiger partial charge on any atom is -0.455 e. The van der Waals surface area contributed by atoms with Crippen molar-refractivity contribution in [2.75, 3.05) is 26.3 Å². The second kappa shape index (κ2) is 5.78. The Kier molecular flexibility index (Phi) is 4.40. The monoisotopic (exact) mass is 316 g/mol. The van der Waals surface area contributed by atoms with E-state index in [4.69, 9.17) is 9.47 Å². The number of morpholine rings is 1. The molecule has 1 aliphatic rings. The van der Waals surface area contributed by atoms with Crippen LogP contribution >= 0.6 is 0 Å². The molecular weight excluding hydrogens is 296 g/mol. The second-order valence-electron chi connectivity index (χ2n) is 5.77. The lowest BCUT2D eigenvalue weighted by atomic mass is 10.2. The van der Waals surface area contributed by atoms with Crippen LogP contribution in [0, 0.1) is 0 Å². The summed E-state index contributed by atoms with van der Waals surface area (Å²) in [6, 6.07) is 1.30. The number of esters is 1. The smallest absolute Gasteiger partial charge is 0.355 e. The maximum Gasteiger partial charge on any atom is 0.355 e. The normalized spacial score (nSPS) is 17.7. The summed E-state index contributed by atoms with van der Waals surface area (Å²) in [7, 11) is -3.60. The molecule has 0 bridgehead atoms. The van der Waals surface area contributed by atoms with Crippen molar-refractivity contribution >= 4 is 16.0 Å². The van der Waals surface area contributed by atoms with Crippen LogP contribution in [0.5, 0.6) is 0 Å². The predicted molar refractivity (Wildman–Crippen MR) is 75.5 cm³/mol. The number of hydrogen-bond donors (Lipinski definition) is 1. The van der Waals surface area contributed by atoms with Gasteiger partial charge in [0.15, 0.2) is 0 Å². The van der Waals surface area contributed by atoms with Crippen molar-refractivity contribution in [1.82, 2.24) is 9.29 Å². The van der Waals surface area contributed by atoms with Crippen LogP contribution in [0.15, 0.2) is 17.2 Å². The topological polar surface area (TPSA) is 88.7 Å². The molecule has 0 aromatic carbocycles. The van der Waals surface area contributed by atoms with E-state index in [2.05, 4.69) is 4.98 Å². The molecule has 0 amide bonds. The molecule has 1 aromatic heterocycles. The number of aromatic nitrogens is 1. The third-order valence-corrected chi connectivity index (χ3v) is 4.76. The summed E-state index contributed by atoms with van der Waals surface area (Å²) in [5, 5.41) is 0. The first-order chi connectivity index (χ1) is 9.70. The summed E-state index contributed by atoms with van der Waals surface area (Å²) < 4.78 is 36.5. The molecule has 1 aliphatic heterocycles. The van der Waals surface area contributed by atoms with Crippen molar-refractivity contribution in [2.24, 2.45) is 0 Å². The van der Waals surface area contributed by atoms with E-state index in [1.165, 1.54) is 16.6 Å². The summed E-state index contributed by atoms with van der Waals surface area (Å²) in [6.07, 6.45) is 1.31. The third-order valence-electron chi connectivity index (χ3n) is 2.88. The molecule has 0 atom stereocenters. The molecule has 2 heterocycles. The number of hydrogen-bond acceptors (Lipinski definition) is 5. The molecule has 0 radical (unpaired) electrons. The zero-order valence-corrected chi connectivity index (χ0v) is 13.2. The average Bonchev–Trinajstić information content (AvgIpc) is 2.88. The summed E-state index contributed by atoms with van der Waals surface area (Å²) in [5.74, 6) is -0.578. The number of sulfonamides is 1. The van der Waals surface area contributed by atoms with Gasteiger partial charge in [0.1, 0.15) is 16.2 Å². The largest absolute Gasteiger partial charge is 0.455 e. The second-order valence-corrected chi connectivity index (χ2v) is 7.71. The van der Waals surface area contributed by atoms with Crippen LogP contribution in [0.25, 0.3) is 0 Å². The zero-order chi connectivity index (χ0) is 15.7. The van der Waals surface area contributed by atoms with Crippen molar-refractivity contribution in [2.45, 2.75) is 31.3 Å². The van der Waals surface area contributed by atoms with Gasteiger partial charge in [0.2, 0.25) is 10.0 Å². The van der Waals surface area contributed by atoms with Gasteiger partial charge in [0.05, 0.1) is 13.2 Å². The Bertz CT molecular complexity index is 609. The Balaban J connectivity index is 2.17. The van der Waals surface area contributed by atoms with Gasteiger partial charge in [-0.15, -0.1) is 0 Å². The van der Waals surface area contributed by atoms with Gasteiger partial charge in [-0.3, -0.25) is 0 Å². The molecule has 0 saturated carbocycles. The maximum absolute atomic E-state index is 12.4. The van der Waals surface area contributed by atoms with Gasteiger partial charge < -0.3 is 14.5 Å². The number of nitrogens with one attached hydrogen (secondary N) is 1. The van der Waals surface area contributed by atoms with Crippen LogP contribution in [0.1, 0.15) is 31.3 Å². The van der Waals surface area contributed by atoms with E-state index in [1.54, 1.807) is 20.8 Å². The summed E-state index contributed by atoms with van der Waals surface area (Å²) >= 11 is 0. The van der Waals surface area contributed by atoms with Crippen molar-refractivity contribution in [3.63, 3.8) is 0 Å². The number of nitrogens with zero attached hydrogens (tertiary/aromatic N) is 1. The molecule has 1 fully saturated rings. The van der Waals surface area contributed by atoms with Crippen LogP contribution in [-0.4, -0.2) is 55.6 Å². The van der Waals surface area contributed by atoms with Gasteiger partial charge in [-0.05, 0) is 26.8 Å². The SMILES string of the molecule is CC(C)(C)OC(=O)c1cc(S(=O)(=O)N2CCOCC2)c[nH]1. The van der Waals surface area contributed by atoms with E-state index in [0.29, 0.717) is 26.3 Å². The number of carbonyl (C=O) groups is 1. The highest BCUT2D eigenvalue weighted by Gasteiger charge is 2.28. The minimum absolute atomic E-state index is 0.0604. The molecule has 1 N–H and O–H groups in total. The van der Waals surface area contributed by atoms with Gasteiger partial charge in [-0.2, -0.15) is 4.31 Å². The molecule has 1 saturated heterocycles. The van der Waals surface area contributed by atoms with E-state index in [9.17, 15) is 13.2 Å². The minimum atomic E-state index is -3.60. The van der Waals surface area contributed by atoms with Crippen molar-refractivity contribution in [1.29, 1.82) is 0 Å². The lowest BCUT2D eigenvalue weighted by Crippen LogP contribution is -2.40. The molecule has 2 rings (SSSR count). The van der Waals surface area contributed by atoms with Crippen LogP contribution in [-0.2, 0) is 19.5 Å². The van der Waals surface area contributed by atoms with Gasteiger partial charge in [-0.25, -0.2) is 13.2 Å². The fraction of sp³-hybridized carbons (Fsp3) is 0.615. The predicted octanol–water partition coefficient (Wildman–Crippen LogP) is 0.991. The molecule has 0 spiro atoms. The number of ether oxygens (including phenoxy) is 2. The molecule has 0 unspecified atom stereocenters. The number of rotatable bonds is 3. The fourth-order valence-corrected chi connectivity index (χ4v) is 3.31. The van der Waals surface area contributed by atoms with E-state index < -0.39 is 21.6 Å². The van der Waals surface area contributed by atoms with E-state index >= 15 is 0 Å². The van der Waals surface area contributed by atoms with Gasteiger partial charge >= 0.3 is 5.97 Å². The van der Waals surface area contributed by atoms with E-state index in [0.717, 1.165) is 0 Å². The summed E-state index contributed by atoms with van der Waals surface area (Å²) in [5.41, 5.74) is -0.511. The van der Waals surface area contributed by atoms with Gasteiger partial charge in [0, 0.05) is 19.3 Å². The highest BCUT2D eigenvalue weighted by molar-refractivity contribution is 7.89. The van der Waals surface area contributed by atoms with Crippen molar-refractivity contribution < 1.29 is 22.7 Å². The van der Waals surface area contributed by atoms with Gasteiger partial charge in [-0.1, -0.05) is 0 Å². The van der Waals surface area contributed by atoms with Crippen LogP contribution in [0.4, 0.5) is 0 Å². The molecular formula is C13H20N2O5S. The molecule has 118 valence electrons. The lowest BCUT2D eigenvalue weighted by Gasteiger charge is -2.25. The fourth-order valence-electron chi connectivity index (χ4n) is 1.91. The van der Waals surface area contributed by atoms with E-state index in [-0.39, 0.29) is 10.6 Å². The summed E-state index contributed by atoms with van der Waals surface area (Å²) in [4.78, 5) is 14.6. The Labute approximate surface area is 124 Å². The van der Waals surface area contributed by atoms with Crippen LogP contribution in [0.2, 0.25) is 0 Å². The van der Waals surface area contributed by atoms with Crippen LogP contribution < -0.4 is 0 Å². The van der Waals surface area contributed by atoms with E-state index in [1.807, 2.05) is 0 Å². The average molecular weight is 316 g/mol. The lowest BCUT2D eigenvalue weighted by molar-refractivity contribution is 0.00635. The molecule has 0 aliphatic carbocycles. The first-order valence-electron chi connectivity index (χ1n) is 6.70. The summed E-state index contributed by atoms with van der Waals surface area (Å²) in [6.45, 7) is 6.63. The Morgan fingerprint density at radius 1 is 1.33 bits per heavy atom. The number of aromatic amines is 1. The number of H-pyrrole nitrogens is 1. The first-order valence-corrected chi connectivity index (χ1v) is 8.14. The quantitative estimate of drug-likeness (QED) is 0.840. The van der Waals surface area contributed by atoms with Gasteiger partial charge in [0.25, 0.3) is 0 Å². The van der Waals surface area contributed by atoms with Crippen LogP contribution in [0.3, 0.4) is 0 Å². The number of carbonyl (C=O) groups excluding carboxylic acids is 1. The third kappa shape index (κ3) is 3.84. The zero-order valence-electron chi connectivity index (χ0n) is 12.4. The Morgan fingerprint density at radius 3 is 2.52 bits per heavy atom. The van der Waals surface area contributed by atoms with Crippen molar-refractivity contribution in [3.8, 4) is 0 Å². The molecule has 21 heavy (non-hydrogen) atoms. The van der Waals surface area contributed by atoms with Crippen molar-refractivity contribution in [3.05, 3.63) is 18.0 Å². The maximum atomic E-state index is 12.4. The Hall–Kier alpha value is -1.38. The highest BCUT2D eigenvalue weighted by Crippen LogP contribution is 2.19. The Morgan fingerprint density at radius 2 is 1.95 bits per heavy atom. The molecule has 1 aromatic rings. The molecule has 7 nitrogen and oxygen atoms in total. The first kappa shape index (κ1) is 16.0. The standard InChI is InChI=1S/C13H20N2O5S/c1-13(2,3)20-12(16)11-8-10(9-14-11)21(17,18)15-4-6-19-7-5-15/h8-9,14H,4-7H2,1-3H3. The highest BCUT2D eigenvalue weighted by atomic mass is 32.2. The molecule has 8 heteroatoms.